The molecular weight excluding hydrogens is 305 g/mol. The van der Waals surface area contributed by atoms with Crippen LogP contribution in [0.25, 0.3) is 0 Å². The Kier molecular flexibility index (Phi) is 4.23. The summed E-state index contributed by atoms with van der Waals surface area (Å²) in [7, 11) is 0. The van der Waals surface area contributed by atoms with E-state index in [4.69, 9.17) is 0 Å². The Bertz CT molecular complexity index is 442. The molecule has 1 heterocycles. The third-order valence-corrected chi connectivity index (χ3v) is 5.51. The van der Waals surface area contributed by atoms with E-state index in [1.165, 1.54) is 37.7 Å². The largest absolute Gasteiger partial charge is 0.316 e. The Hall–Kier alpha value is -0.410. The fraction of sp³-hybridized carbons (Fsp3) is 0.625. The molecule has 2 unspecified atom stereocenters. The number of piperidine rings is 1. The third-order valence-electron chi connectivity index (χ3n) is 4.91. The van der Waals surface area contributed by atoms with Crippen molar-refractivity contribution in [2.24, 2.45) is 11.8 Å². The Balaban J connectivity index is 1.84. The van der Waals surface area contributed by atoms with Crippen molar-refractivity contribution in [1.82, 2.24) is 5.32 Å². The van der Waals surface area contributed by atoms with Gasteiger partial charge in [-0.2, -0.15) is 0 Å². The van der Waals surface area contributed by atoms with Gasteiger partial charge in [0.1, 0.15) is 5.82 Å². The molecule has 1 saturated heterocycles. The van der Waals surface area contributed by atoms with E-state index in [9.17, 15) is 4.39 Å². The predicted molar refractivity (Wildman–Crippen MR) is 79.8 cm³/mol. The molecule has 1 N–H and O–H groups in total. The van der Waals surface area contributed by atoms with Crippen LogP contribution in [0.3, 0.4) is 0 Å². The van der Waals surface area contributed by atoms with Gasteiger partial charge in [-0.1, -0.05) is 31.7 Å². The lowest BCUT2D eigenvalue weighted by Crippen LogP contribution is -2.38. The van der Waals surface area contributed by atoms with E-state index < -0.39 is 0 Å². The highest BCUT2D eigenvalue weighted by molar-refractivity contribution is 9.10. The van der Waals surface area contributed by atoms with Crippen molar-refractivity contribution in [2.75, 3.05) is 13.1 Å². The van der Waals surface area contributed by atoms with Crippen LogP contribution >= 0.6 is 15.9 Å². The van der Waals surface area contributed by atoms with Crippen LogP contribution in [0, 0.1) is 17.7 Å². The van der Waals surface area contributed by atoms with Gasteiger partial charge in [-0.25, -0.2) is 4.39 Å². The zero-order chi connectivity index (χ0) is 13.2. The summed E-state index contributed by atoms with van der Waals surface area (Å²) >= 11 is 3.33. The number of hydrogen-bond acceptors (Lipinski definition) is 1. The van der Waals surface area contributed by atoms with Gasteiger partial charge in [0.15, 0.2) is 0 Å². The first kappa shape index (κ1) is 13.6. The summed E-state index contributed by atoms with van der Waals surface area (Å²) in [6, 6.07) is 5.58. The first-order valence-corrected chi connectivity index (χ1v) is 8.20. The molecule has 0 bridgehead atoms. The molecule has 0 aromatic heterocycles. The van der Waals surface area contributed by atoms with E-state index in [2.05, 4.69) is 21.2 Å². The van der Waals surface area contributed by atoms with Crippen molar-refractivity contribution in [1.29, 1.82) is 0 Å². The van der Waals surface area contributed by atoms with Crippen molar-refractivity contribution in [3.05, 3.63) is 34.1 Å². The fourth-order valence-corrected chi connectivity index (χ4v) is 4.32. The van der Waals surface area contributed by atoms with E-state index in [0.29, 0.717) is 10.4 Å². The van der Waals surface area contributed by atoms with Crippen LogP contribution in [-0.2, 0) is 0 Å². The van der Waals surface area contributed by atoms with Crippen molar-refractivity contribution in [3.8, 4) is 0 Å². The van der Waals surface area contributed by atoms with Crippen LogP contribution in [0.4, 0.5) is 4.39 Å². The molecule has 1 aromatic carbocycles. The number of hydrogen-bond donors (Lipinski definition) is 1. The highest BCUT2D eigenvalue weighted by Crippen LogP contribution is 2.42. The molecule has 2 fully saturated rings. The predicted octanol–water partition coefficient (Wildman–Crippen LogP) is 4.47. The minimum absolute atomic E-state index is 0.157. The summed E-state index contributed by atoms with van der Waals surface area (Å²) < 4.78 is 14.0. The molecule has 0 radical (unpaired) electrons. The topological polar surface area (TPSA) is 12.0 Å². The van der Waals surface area contributed by atoms with Crippen LogP contribution in [0.2, 0.25) is 0 Å². The maximum Gasteiger partial charge on any atom is 0.137 e. The molecular formula is C16H21BrFN. The van der Waals surface area contributed by atoms with E-state index in [0.717, 1.165) is 24.9 Å². The molecule has 104 valence electrons. The van der Waals surface area contributed by atoms with Gasteiger partial charge in [0.2, 0.25) is 0 Å². The molecule has 2 aliphatic rings. The average molecular weight is 326 g/mol. The second-order valence-corrected chi connectivity index (χ2v) is 6.84. The summed E-state index contributed by atoms with van der Waals surface area (Å²) in [6.07, 6.45) is 6.72. The van der Waals surface area contributed by atoms with E-state index >= 15 is 0 Å². The summed E-state index contributed by atoms with van der Waals surface area (Å²) in [4.78, 5) is 0. The zero-order valence-corrected chi connectivity index (χ0v) is 12.8. The number of halogens is 2. The van der Waals surface area contributed by atoms with Crippen molar-refractivity contribution < 1.29 is 4.39 Å². The molecule has 0 amide bonds. The fourth-order valence-electron chi connectivity index (χ4n) is 3.92. The van der Waals surface area contributed by atoms with Crippen LogP contribution in [0.1, 0.15) is 43.6 Å². The quantitative estimate of drug-likeness (QED) is 0.845. The van der Waals surface area contributed by atoms with Gasteiger partial charge in [0, 0.05) is 0 Å². The molecule has 1 aromatic rings. The normalized spacial score (nSPS) is 28.7. The summed E-state index contributed by atoms with van der Waals surface area (Å²) in [5, 5.41) is 3.55. The van der Waals surface area contributed by atoms with Crippen LogP contribution in [-0.4, -0.2) is 13.1 Å². The van der Waals surface area contributed by atoms with Crippen molar-refractivity contribution >= 4 is 15.9 Å². The highest BCUT2D eigenvalue weighted by atomic mass is 79.9. The molecule has 1 aliphatic heterocycles. The lowest BCUT2D eigenvalue weighted by molar-refractivity contribution is 0.231. The maximum atomic E-state index is 13.4. The summed E-state index contributed by atoms with van der Waals surface area (Å²) in [5.41, 5.74) is 1.31. The Morgan fingerprint density at radius 2 is 1.95 bits per heavy atom. The van der Waals surface area contributed by atoms with Gasteiger partial charge >= 0.3 is 0 Å². The van der Waals surface area contributed by atoms with Crippen LogP contribution in [0.5, 0.6) is 0 Å². The van der Waals surface area contributed by atoms with Crippen molar-refractivity contribution in [2.45, 2.75) is 38.0 Å². The second kappa shape index (κ2) is 5.92. The zero-order valence-electron chi connectivity index (χ0n) is 11.2. The molecule has 3 heteroatoms. The second-order valence-electron chi connectivity index (χ2n) is 5.98. The minimum Gasteiger partial charge on any atom is -0.316 e. The first-order chi connectivity index (χ1) is 9.25. The average Bonchev–Trinajstić information content (AvgIpc) is 2.96. The lowest BCUT2D eigenvalue weighted by Gasteiger charge is -2.36. The van der Waals surface area contributed by atoms with E-state index in [1.54, 1.807) is 6.07 Å². The number of benzene rings is 1. The molecule has 1 aliphatic carbocycles. The molecule has 1 saturated carbocycles. The first-order valence-electron chi connectivity index (χ1n) is 7.41. The lowest BCUT2D eigenvalue weighted by atomic mass is 9.73. The van der Waals surface area contributed by atoms with Gasteiger partial charge < -0.3 is 5.32 Å². The minimum atomic E-state index is -0.157. The maximum absolute atomic E-state index is 13.4. The molecule has 2 atom stereocenters. The number of nitrogens with one attached hydrogen (secondary N) is 1. The van der Waals surface area contributed by atoms with Crippen molar-refractivity contribution in [3.63, 3.8) is 0 Å². The molecule has 19 heavy (non-hydrogen) atoms. The van der Waals surface area contributed by atoms with Crippen LogP contribution in [0.15, 0.2) is 22.7 Å². The van der Waals surface area contributed by atoms with E-state index in [1.807, 2.05) is 12.1 Å². The molecule has 1 nitrogen and oxygen atoms in total. The van der Waals surface area contributed by atoms with Gasteiger partial charge in [0.05, 0.1) is 4.47 Å². The van der Waals surface area contributed by atoms with Crippen LogP contribution < -0.4 is 5.32 Å². The Morgan fingerprint density at radius 3 is 2.68 bits per heavy atom. The monoisotopic (exact) mass is 325 g/mol. The SMILES string of the molecule is Fc1ccc(C2CCNCC2C2CCCC2)cc1Br. The highest BCUT2D eigenvalue weighted by Gasteiger charge is 2.34. The molecule has 3 rings (SSSR count). The standard InChI is InChI=1S/C16H21BrFN/c17-15-9-12(5-6-16(15)18)13-7-8-19-10-14(13)11-3-1-2-4-11/h5-6,9,11,13-14,19H,1-4,7-8,10H2. The Labute approximate surface area is 123 Å². The van der Waals surface area contributed by atoms with Gasteiger partial charge in [0.25, 0.3) is 0 Å². The van der Waals surface area contributed by atoms with Gasteiger partial charge in [-0.05, 0) is 70.9 Å². The smallest absolute Gasteiger partial charge is 0.137 e. The summed E-state index contributed by atoms with van der Waals surface area (Å²) in [6.45, 7) is 2.22. The van der Waals surface area contributed by atoms with Gasteiger partial charge in [-0.3, -0.25) is 0 Å². The van der Waals surface area contributed by atoms with Gasteiger partial charge in [-0.15, -0.1) is 0 Å². The number of rotatable bonds is 2. The Morgan fingerprint density at radius 1 is 1.16 bits per heavy atom. The molecule has 0 spiro atoms. The third kappa shape index (κ3) is 2.87. The van der Waals surface area contributed by atoms with E-state index in [-0.39, 0.29) is 5.82 Å². The summed E-state index contributed by atoms with van der Waals surface area (Å²) in [5.74, 6) is 2.03.